The predicted molar refractivity (Wildman–Crippen MR) is 85.9 cm³/mol. The lowest BCUT2D eigenvalue weighted by Gasteiger charge is -2.07. The summed E-state index contributed by atoms with van der Waals surface area (Å²) in [6, 6.07) is 4.83. The molecule has 0 aliphatic carbocycles. The highest BCUT2D eigenvalue weighted by Gasteiger charge is 2.13. The number of ether oxygens (including phenoxy) is 1. The van der Waals surface area contributed by atoms with Crippen LogP contribution in [0.15, 0.2) is 52.2 Å². The first-order chi connectivity index (χ1) is 10.6. The fourth-order valence-electron chi connectivity index (χ4n) is 2.14. The van der Waals surface area contributed by atoms with Crippen LogP contribution in [0.2, 0.25) is 0 Å². The molecule has 116 valence electrons. The van der Waals surface area contributed by atoms with Crippen LogP contribution in [-0.2, 0) is 0 Å². The number of hydrogen-bond acceptors (Lipinski definition) is 3. The minimum Gasteiger partial charge on any atom is -0.490 e. The zero-order valence-corrected chi connectivity index (χ0v) is 12.6. The van der Waals surface area contributed by atoms with E-state index in [-0.39, 0.29) is 11.1 Å². The molecule has 2 rings (SSSR count). The summed E-state index contributed by atoms with van der Waals surface area (Å²) in [5, 5.41) is 0.451. The Labute approximate surface area is 128 Å². The van der Waals surface area contributed by atoms with Crippen molar-refractivity contribution < 1.29 is 13.5 Å². The first-order valence-corrected chi connectivity index (χ1v) is 7.25. The minimum absolute atomic E-state index is 0.0652. The normalized spacial score (nSPS) is 11.2. The van der Waals surface area contributed by atoms with E-state index in [1.165, 1.54) is 6.07 Å². The Morgan fingerprint density at radius 2 is 2.05 bits per heavy atom. The molecule has 3 nitrogen and oxygen atoms in total. The number of allylic oxidation sites excluding steroid dienone is 2. The largest absolute Gasteiger partial charge is 0.490 e. The molecule has 4 heteroatoms. The fraction of sp³-hybridized carbons (Fsp3) is 0.278. The average molecular weight is 302 g/mol. The topological polar surface area (TPSA) is 39.4 Å². The maximum absolute atomic E-state index is 14.3. The second-order valence-electron chi connectivity index (χ2n) is 4.96. The van der Waals surface area contributed by atoms with Crippen molar-refractivity contribution in [1.82, 2.24) is 0 Å². The third-order valence-electron chi connectivity index (χ3n) is 3.20. The third-order valence-corrected chi connectivity index (χ3v) is 3.20. The molecule has 0 N–H and O–H groups in total. The second-order valence-corrected chi connectivity index (χ2v) is 4.96. The number of aryl methyl sites for hydroxylation is 1. The Morgan fingerprint density at radius 3 is 2.82 bits per heavy atom. The summed E-state index contributed by atoms with van der Waals surface area (Å²) in [7, 11) is 0. The number of hydrogen-bond donors (Lipinski definition) is 0. The monoisotopic (exact) mass is 302 g/mol. The highest BCUT2D eigenvalue weighted by atomic mass is 19.1. The van der Waals surface area contributed by atoms with Gasteiger partial charge in [0.15, 0.2) is 11.6 Å². The summed E-state index contributed by atoms with van der Waals surface area (Å²) in [5.41, 5.74) is -0.678. The van der Waals surface area contributed by atoms with Crippen LogP contribution in [0.25, 0.3) is 10.8 Å². The van der Waals surface area contributed by atoms with Gasteiger partial charge in [-0.25, -0.2) is 9.18 Å². The standard InChI is InChI=1S/C18H19FO3/c1-3-4-5-6-7-8-11-21-15-10-9-14-12-13(2)22-18(20)16(14)17(15)19/h3,6-7,9-10,12H,1,4-5,8,11H2,2H3/b7-6+. The van der Waals surface area contributed by atoms with Gasteiger partial charge in [-0.15, -0.1) is 6.58 Å². The molecule has 0 radical (unpaired) electrons. The molecule has 0 aliphatic rings. The van der Waals surface area contributed by atoms with Crippen molar-refractivity contribution in [2.45, 2.75) is 26.2 Å². The molecular weight excluding hydrogens is 283 g/mol. The van der Waals surface area contributed by atoms with Crippen LogP contribution in [0.1, 0.15) is 25.0 Å². The molecule has 0 saturated carbocycles. The van der Waals surface area contributed by atoms with Crippen LogP contribution in [0.4, 0.5) is 4.39 Å². The van der Waals surface area contributed by atoms with E-state index in [0.717, 1.165) is 12.8 Å². The van der Waals surface area contributed by atoms with Gasteiger partial charge >= 0.3 is 5.63 Å². The molecule has 0 spiro atoms. The summed E-state index contributed by atoms with van der Waals surface area (Å²) >= 11 is 0. The van der Waals surface area contributed by atoms with Gasteiger partial charge in [0.05, 0.1) is 6.61 Å². The van der Waals surface area contributed by atoms with Crippen molar-refractivity contribution in [3.05, 3.63) is 65.0 Å². The van der Waals surface area contributed by atoms with Gasteiger partial charge in [-0.2, -0.15) is 0 Å². The lowest BCUT2D eigenvalue weighted by Crippen LogP contribution is -2.05. The van der Waals surface area contributed by atoms with E-state index in [1.54, 1.807) is 19.1 Å². The van der Waals surface area contributed by atoms with Gasteiger partial charge in [0.25, 0.3) is 0 Å². The molecular formula is C18H19FO3. The first-order valence-electron chi connectivity index (χ1n) is 7.25. The molecule has 1 aromatic heterocycles. The maximum atomic E-state index is 14.3. The number of benzene rings is 1. The van der Waals surface area contributed by atoms with E-state index in [0.29, 0.717) is 24.2 Å². The zero-order valence-electron chi connectivity index (χ0n) is 12.6. The third kappa shape index (κ3) is 3.85. The van der Waals surface area contributed by atoms with Gasteiger partial charge in [-0.1, -0.05) is 24.3 Å². The molecule has 1 aromatic carbocycles. The van der Waals surface area contributed by atoms with Crippen LogP contribution < -0.4 is 10.4 Å². The molecule has 0 saturated heterocycles. The van der Waals surface area contributed by atoms with Crippen LogP contribution in [0.5, 0.6) is 5.75 Å². The summed E-state index contributed by atoms with van der Waals surface area (Å²) < 4.78 is 24.7. The Bertz CT molecular complexity index is 744. The maximum Gasteiger partial charge on any atom is 0.346 e. The van der Waals surface area contributed by atoms with Crippen molar-refractivity contribution in [3.8, 4) is 5.75 Å². The van der Waals surface area contributed by atoms with Gasteiger partial charge in [0.1, 0.15) is 11.1 Å². The minimum atomic E-state index is -0.678. The molecule has 0 aliphatic heterocycles. The van der Waals surface area contributed by atoms with Crippen molar-refractivity contribution in [2.24, 2.45) is 0 Å². The molecule has 22 heavy (non-hydrogen) atoms. The molecule has 0 bridgehead atoms. The van der Waals surface area contributed by atoms with Crippen molar-refractivity contribution in [2.75, 3.05) is 6.61 Å². The van der Waals surface area contributed by atoms with E-state index in [1.807, 2.05) is 18.2 Å². The highest BCUT2D eigenvalue weighted by Crippen LogP contribution is 2.24. The van der Waals surface area contributed by atoms with Crippen LogP contribution in [0, 0.1) is 12.7 Å². The molecule has 0 fully saturated rings. The van der Waals surface area contributed by atoms with Crippen LogP contribution in [0.3, 0.4) is 0 Å². The van der Waals surface area contributed by atoms with Gasteiger partial charge in [0.2, 0.25) is 0 Å². The van der Waals surface area contributed by atoms with Crippen LogP contribution in [-0.4, -0.2) is 6.61 Å². The van der Waals surface area contributed by atoms with Crippen molar-refractivity contribution in [3.63, 3.8) is 0 Å². The summed E-state index contributed by atoms with van der Waals surface area (Å²) in [6.45, 7) is 5.65. The lowest BCUT2D eigenvalue weighted by atomic mass is 10.1. The van der Waals surface area contributed by atoms with Crippen LogP contribution >= 0.6 is 0 Å². The summed E-state index contributed by atoms with van der Waals surface area (Å²) in [6.07, 6.45) is 8.44. The Balaban J connectivity index is 2.06. The summed E-state index contributed by atoms with van der Waals surface area (Å²) in [4.78, 5) is 11.8. The first kappa shape index (κ1) is 16.0. The highest BCUT2D eigenvalue weighted by molar-refractivity contribution is 5.83. The molecule has 0 atom stereocenters. The number of fused-ring (bicyclic) bond motifs is 1. The number of rotatable bonds is 7. The van der Waals surface area contributed by atoms with Gasteiger partial charge in [-0.3, -0.25) is 0 Å². The van der Waals surface area contributed by atoms with Crippen molar-refractivity contribution >= 4 is 10.8 Å². The number of unbranched alkanes of at least 4 members (excludes halogenated alkanes) is 1. The van der Waals surface area contributed by atoms with Gasteiger partial charge in [0, 0.05) is 0 Å². The molecule has 0 unspecified atom stereocenters. The summed E-state index contributed by atoms with van der Waals surface area (Å²) in [5.74, 6) is -0.139. The SMILES string of the molecule is C=CCC/C=C/CCOc1ccc2cc(C)oc(=O)c2c1F. The fourth-order valence-corrected chi connectivity index (χ4v) is 2.14. The van der Waals surface area contributed by atoms with E-state index >= 15 is 0 Å². The smallest absolute Gasteiger partial charge is 0.346 e. The lowest BCUT2D eigenvalue weighted by molar-refractivity contribution is 0.309. The second kappa shape index (κ2) is 7.59. The zero-order chi connectivity index (χ0) is 15.9. The molecule has 0 amide bonds. The van der Waals surface area contributed by atoms with Crippen molar-refractivity contribution in [1.29, 1.82) is 0 Å². The van der Waals surface area contributed by atoms with Gasteiger partial charge in [-0.05, 0) is 43.7 Å². The van der Waals surface area contributed by atoms with Gasteiger partial charge < -0.3 is 9.15 Å². The van der Waals surface area contributed by atoms with E-state index in [4.69, 9.17) is 9.15 Å². The predicted octanol–water partition coefficient (Wildman–Crippen LogP) is 4.53. The molecule has 2 aromatic rings. The Kier molecular flexibility index (Phi) is 5.53. The van der Waals surface area contributed by atoms with E-state index < -0.39 is 11.4 Å². The Hall–Kier alpha value is -2.36. The van der Waals surface area contributed by atoms with E-state index in [2.05, 4.69) is 6.58 Å². The van der Waals surface area contributed by atoms with E-state index in [9.17, 15) is 9.18 Å². The quantitative estimate of drug-likeness (QED) is 0.557. The average Bonchev–Trinajstić information content (AvgIpc) is 2.47. The Morgan fingerprint density at radius 1 is 1.27 bits per heavy atom. The number of halogens is 1. The molecule has 1 heterocycles.